The summed E-state index contributed by atoms with van der Waals surface area (Å²) >= 11 is 6.09. The second-order valence-corrected chi connectivity index (χ2v) is 9.70. The normalized spacial score (nSPS) is 22.6. The molecule has 1 N–H and O–H groups in total. The van der Waals surface area contributed by atoms with Gasteiger partial charge in [-0.3, -0.25) is 14.4 Å². The van der Waals surface area contributed by atoms with Gasteiger partial charge in [-0.15, -0.1) is 0 Å². The Morgan fingerprint density at radius 2 is 2.09 bits per heavy atom. The second kappa shape index (κ2) is 8.94. The number of aliphatic carboxylic acids is 1. The molecule has 3 aromatic rings. The SMILES string of the molecule is COC(=O)N1c2ccc3c(nc(Cn4cc(Cl)cn4)n3[C@@H]3CCC[C@@H](C(=O)O)C3)c2CCC1C. The van der Waals surface area contributed by atoms with Crippen molar-refractivity contribution < 1.29 is 19.4 Å². The quantitative estimate of drug-likeness (QED) is 0.576. The van der Waals surface area contributed by atoms with Gasteiger partial charge in [0.25, 0.3) is 0 Å². The average Bonchev–Trinajstić information content (AvgIpc) is 3.41. The fraction of sp³-hybridized carbons (Fsp3) is 0.500. The molecule has 1 unspecified atom stereocenters. The Bertz CT molecular complexity index is 1250. The average molecular weight is 486 g/mol. The fourth-order valence-corrected chi connectivity index (χ4v) is 5.69. The number of nitrogens with zero attached hydrogens (tertiary/aromatic N) is 5. The number of methoxy groups -OCH3 is 1. The van der Waals surface area contributed by atoms with Gasteiger partial charge in [0.2, 0.25) is 0 Å². The number of imidazole rings is 1. The number of halogens is 1. The standard InChI is InChI=1S/C24H28ClN5O4/c1-14-6-7-18-19(29(14)24(33)34-2)8-9-20-22(18)27-21(13-28-12-16(25)11-26-28)30(20)17-5-3-4-15(10-17)23(31)32/h8-9,11-12,14-15,17H,3-7,10,13H2,1-2H3,(H,31,32)/t14?,15-,17-/m1/s1. The molecule has 1 fully saturated rings. The summed E-state index contributed by atoms with van der Waals surface area (Å²) in [5, 5.41) is 14.5. The van der Waals surface area contributed by atoms with Crippen LogP contribution in [0.25, 0.3) is 11.0 Å². The zero-order valence-corrected chi connectivity index (χ0v) is 20.0. The number of carboxylic acid groups (broad SMARTS) is 1. The molecule has 1 aliphatic heterocycles. The number of aromatic nitrogens is 4. The summed E-state index contributed by atoms with van der Waals surface area (Å²) in [6.07, 6.45) is 7.58. The maximum absolute atomic E-state index is 12.5. The molecule has 5 rings (SSSR count). The van der Waals surface area contributed by atoms with Gasteiger partial charge in [0, 0.05) is 23.8 Å². The number of fused-ring (bicyclic) bond motifs is 3. The maximum atomic E-state index is 12.5. The summed E-state index contributed by atoms with van der Waals surface area (Å²) in [5.74, 6) is -0.298. The molecule has 0 spiro atoms. The summed E-state index contributed by atoms with van der Waals surface area (Å²) in [4.78, 5) is 31.0. The van der Waals surface area contributed by atoms with Crippen molar-refractivity contribution in [1.82, 2.24) is 19.3 Å². The lowest BCUT2D eigenvalue weighted by Crippen LogP contribution is -2.42. The third kappa shape index (κ3) is 3.91. The lowest BCUT2D eigenvalue weighted by Gasteiger charge is -2.34. The van der Waals surface area contributed by atoms with E-state index in [0.29, 0.717) is 24.4 Å². The predicted molar refractivity (Wildman–Crippen MR) is 127 cm³/mol. The van der Waals surface area contributed by atoms with Gasteiger partial charge in [-0.05, 0) is 51.2 Å². The number of hydrogen-bond donors (Lipinski definition) is 1. The van der Waals surface area contributed by atoms with Crippen LogP contribution < -0.4 is 4.90 Å². The van der Waals surface area contributed by atoms with Gasteiger partial charge in [0.1, 0.15) is 5.82 Å². The Kier molecular flexibility index (Phi) is 5.97. The lowest BCUT2D eigenvalue weighted by atomic mass is 9.85. The number of hydrogen-bond acceptors (Lipinski definition) is 5. The van der Waals surface area contributed by atoms with Crippen molar-refractivity contribution in [3.63, 3.8) is 0 Å². The van der Waals surface area contributed by atoms with Crippen molar-refractivity contribution >= 4 is 40.4 Å². The molecule has 0 radical (unpaired) electrons. The molecule has 1 amide bonds. The molecule has 10 heteroatoms. The molecule has 2 aromatic heterocycles. The van der Waals surface area contributed by atoms with E-state index in [2.05, 4.69) is 9.67 Å². The van der Waals surface area contributed by atoms with E-state index in [4.69, 9.17) is 21.3 Å². The van der Waals surface area contributed by atoms with E-state index < -0.39 is 5.97 Å². The van der Waals surface area contributed by atoms with Crippen LogP contribution in [0.3, 0.4) is 0 Å². The van der Waals surface area contributed by atoms with Crippen LogP contribution >= 0.6 is 11.6 Å². The molecule has 9 nitrogen and oxygen atoms in total. The summed E-state index contributed by atoms with van der Waals surface area (Å²) in [6.45, 7) is 2.44. The van der Waals surface area contributed by atoms with Gasteiger partial charge in [0.05, 0.1) is 47.5 Å². The third-order valence-electron chi connectivity index (χ3n) is 7.17. The molecular formula is C24H28ClN5O4. The Morgan fingerprint density at radius 3 is 2.79 bits per heavy atom. The number of carbonyl (C=O) groups excluding carboxylic acids is 1. The van der Waals surface area contributed by atoms with E-state index in [9.17, 15) is 14.7 Å². The Balaban J connectivity index is 1.65. The van der Waals surface area contributed by atoms with Gasteiger partial charge in [0.15, 0.2) is 0 Å². The van der Waals surface area contributed by atoms with Crippen LogP contribution in [-0.4, -0.2) is 49.7 Å². The number of carboxylic acids is 1. The molecule has 0 saturated heterocycles. The van der Waals surface area contributed by atoms with Crippen molar-refractivity contribution in [3.8, 4) is 0 Å². The Morgan fingerprint density at radius 1 is 1.26 bits per heavy atom. The van der Waals surface area contributed by atoms with Gasteiger partial charge in [-0.25, -0.2) is 9.78 Å². The van der Waals surface area contributed by atoms with E-state index in [1.54, 1.807) is 22.0 Å². The van der Waals surface area contributed by atoms with Crippen molar-refractivity contribution in [2.75, 3.05) is 12.0 Å². The molecule has 3 heterocycles. The number of rotatable bonds is 4. The van der Waals surface area contributed by atoms with Crippen LogP contribution in [0.4, 0.5) is 10.5 Å². The first-order valence-corrected chi connectivity index (χ1v) is 12.1. The Labute approximate surface area is 202 Å². The van der Waals surface area contributed by atoms with E-state index in [-0.39, 0.29) is 24.1 Å². The van der Waals surface area contributed by atoms with Crippen molar-refractivity contribution in [2.24, 2.45) is 5.92 Å². The van der Waals surface area contributed by atoms with Crippen LogP contribution in [0.2, 0.25) is 5.02 Å². The van der Waals surface area contributed by atoms with Crippen molar-refractivity contribution in [3.05, 3.63) is 40.9 Å². The zero-order chi connectivity index (χ0) is 24.0. The molecular weight excluding hydrogens is 458 g/mol. The smallest absolute Gasteiger partial charge is 0.414 e. The van der Waals surface area contributed by atoms with Gasteiger partial charge in [-0.2, -0.15) is 5.10 Å². The highest BCUT2D eigenvalue weighted by atomic mass is 35.5. The summed E-state index contributed by atoms with van der Waals surface area (Å²) in [6, 6.07) is 4.02. The topological polar surface area (TPSA) is 102 Å². The molecule has 1 aliphatic carbocycles. The van der Waals surface area contributed by atoms with Gasteiger partial charge >= 0.3 is 12.1 Å². The van der Waals surface area contributed by atoms with Crippen molar-refractivity contribution in [1.29, 1.82) is 0 Å². The van der Waals surface area contributed by atoms with E-state index in [1.165, 1.54) is 7.11 Å². The fourth-order valence-electron chi connectivity index (χ4n) is 5.53. The summed E-state index contributed by atoms with van der Waals surface area (Å²) in [5.41, 5.74) is 3.65. The molecule has 1 saturated carbocycles. The number of amides is 1. The summed E-state index contributed by atoms with van der Waals surface area (Å²) in [7, 11) is 1.39. The van der Waals surface area contributed by atoms with E-state index >= 15 is 0 Å². The zero-order valence-electron chi connectivity index (χ0n) is 19.3. The number of anilines is 1. The van der Waals surface area contributed by atoms with E-state index in [0.717, 1.165) is 53.8 Å². The number of carbonyl (C=O) groups is 2. The predicted octanol–water partition coefficient (Wildman–Crippen LogP) is 4.66. The highest BCUT2D eigenvalue weighted by Gasteiger charge is 2.34. The number of benzene rings is 1. The highest BCUT2D eigenvalue weighted by Crippen LogP contribution is 2.40. The van der Waals surface area contributed by atoms with Crippen LogP contribution in [0.1, 0.15) is 56.5 Å². The van der Waals surface area contributed by atoms with Crippen LogP contribution in [0, 0.1) is 5.92 Å². The molecule has 0 bridgehead atoms. The molecule has 1 aromatic carbocycles. The van der Waals surface area contributed by atoms with Crippen molar-refractivity contribution in [2.45, 2.75) is 64.1 Å². The molecule has 2 aliphatic rings. The molecule has 3 atom stereocenters. The molecule has 180 valence electrons. The molecule has 34 heavy (non-hydrogen) atoms. The third-order valence-corrected chi connectivity index (χ3v) is 7.36. The van der Waals surface area contributed by atoms with Crippen LogP contribution in [0.5, 0.6) is 0 Å². The first-order chi connectivity index (χ1) is 16.4. The number of ether oxygens (including phenoxy) is 1. The minimum atomic E-state index is -0.741. The minimum absolute atomic E-state index is 0.0261. The van der Waals surface area contributed by atoms with Crippen LogP contribution in [-0.2, 0) is 22.5 Å². The Hall–Kier alpha value is -3.07. The minimum Gasteiger partial charge on any atom is -0.481 e. The first-order valence-electron chi connectivity index (χ1n) is 11.7. The largest absolute Gasteiger partial charge is 0.481 e. The lowest BCUT2D eigenvalue weighted by molar-refractivity contribution is -0.143. The highest BCUT2D eigenvalue weighted by molar-refractivity contribution is 6.30. The van der Waals surface area contributed by atoms with Gasteiger partial charge in [-0.1, -0.05) is 18.0 Å². The van der Waals surface area contributed by atoms with Crippen LogP contribution in [0.15, 0.2) is 24.5 Å². The van der Waals surface area contributed by atoms with Gasteiger partial charge < -0.3 is 14.4 Å². The second-order valence-electron chi connectivity index (χ2n) is 9.27. The monoisotopic (exact) mass is 485 g/mol. The number of aryl methyl sites for hydroxylation is 1. The van der Waals surface area contributed by atoms with E-state index in [1.807, 2.05) is 19.1 Å². The maximum Gasteiger partial charge on any atom is 0.414 e. The summed E-state index contributed by atoms with van der Waals surface area (Å²) < 4.78 is 8.99. The first kappa shape index (κ1) is 22.7.